The third kappa shape index (κ3) is 4.52. The van der Waals surface area contributed by atoms with Gasteiger partial charge in [0.15, 0.2) is 0 Å². The molecule has 6 nitrogen and oxygen atoms in total. The van der Waals surface area contributed by atoms with E-state index in [0.717, 1.165) is 0 Å². The molecule has 1 aromatic heterocycles. The standard InChI is InChI=1S/C21H20ClNO5S/c1-2-28-21(27)17-15(12-7-5-6-10-16(12)22)11-29-19(17)23-18(24)13-8-3-4-9-14(13)20(25)26/h3-7,10-11,13-14H,2,8-9H2,1H3,(H,23,24)(H,25,26)/t13-,14-/m0/s1. The molecule has 0 unspecified atom stereocenters. The summed E-state index contributed by atoms with van der Waals surface area (Å²) in [5.74, 6) is -3.52. The highest BCUT2D eigenvalue weighted by atomic mass is 35.5. The number of thiophene rings is 1. The number of anilines is 1. The molecule has 1 heterocycles. The van der Waals surface area contributed by atoms with Gasteiger partial charge in [-0.1, -0.05) is 42.0 Å². The highest BCUT2D eigenvalue weighted by Crippen LogP contribution is 2.39. The largest absolute Gasteiger partial charge is 0.481 e. The number of hydrogen-bond acceptors (Lipinski definition) is 5. The van der Waals surface area contributed by atoms with E-state index in [9.17, 15) is 19.5 Å². The number of carboxylic acid groups (broad SMARTS) is 1. The number of halogens is 1. The van der Waals surface area contributed by atoms with E-state index in [4.69, 9.17) is 16.3 Å². The molecule has 0 spiro atoms. The van der Waals surface area contributed by atoms with Gasteiger partial charge < -0.3 is 15.2 Å². The van der Waals surface area contributed by atoms with Gasteiger partial charge in [0.1, 0.15) is 10.6 Å². The van der Waals surface area contributed by atoms with Crippen LogP contribution in [0.5, 0.6) is 0 Å². The molecule has 0 aliphatic heterocycles. The van der Waals surface area contributed by atoms with Crippen molar-refractivity contribution in [2.24, 2.45) is 11.8 Å². The summed E-state index contributed by atoms with van der Waals surface area (Å²) in [4.78, 5) is 37.0. The van der Waals surface area contributed by atoms with Gasteiger partial charge in [-0.25, -0.2) is 4.79 Å². The Bertz CT molecular complexity index is 968. The van der Waals surface area contributed by atoms with Crippen LogP contribution < -0.4 is 5.32 Å². The second-order valence-corrected chi connectivity index (χ2v) is 7.82. The maximum Gasteiger partial charge on any atom is 0.341 e. The Labute approximate surface area is 177 Å². The van der Waals surface area contributed by atoms with Crippen molar-refractivity contribution in [2.45, 2.75) is 19.8 Å². The lowest BCUT2D eigenvalue weighted by Gasteiger charge is -2.24. The van der Waals surface area contributed by atoms with Crippen LogP contribution in [0.15, 0.2) is 41.8 Å². The smallest absolute Gasteiger partial charge is 0.341 e. The molecular weight excluding hydrogens is 414 g/mol. The van der Waals surface area contributed by atoms with Crippen molar-refractivity contribution in [3.8, 4) is 11.1 Å². The van der Waals surface area contributed by atoms with Crippen molar-refractivity contribution >= 4 is 45.8 Å². The van der Waals surface area contributed by atoms with E-state index in [1.54, 1.807) is 48.7 Å². The average molecular weight is 434 g/mol. The Morgan fingerprint density at radius 2 is 1.86 bits per heavy atom. The van der Waals surface area contributed by atoms with E-state index in [2.05, 4.69) is 5.32 Å². The maximum absolute atomic E-state index is 12.8. The van der Waals surface area contributed by atoms with Crippen molar-refractivity contribution in [1.29, 1.82) is 0 Å². The van der Waals surface area contributed by atoms with E-state index in [1.807, 2.05) is 0 Å². The predicted octanol–water partition coefficient (Wildman–Crippen LogP) is 4.85. The molecule has 1 aliphatic rings. The molecule has 0 radical (unpaired) electrons. The van der Waals surface area contributed by atoms with E-state index in [0.29, 0.717) is 34.0 Å². The second kappa shape index (κ2) is 9.24. The number of allylic oxidation sites excluding steroid dienone is 2. The fraction of sp³-hybridized carbons (Fsp3) is 0.286. The van der Waals surface area contributed by atoms with Crippen LogP contribution in [0.2, 0.25) is 5.02 Å². The van der Waals surface area contributed by atoms with Crippen molar-refractivity contribution in [3.63, 3.8) is 0 Å². The lowest BCUT2D eigenvalue weighted by molar-refractivity contribution is -0.146. The first-order valence-electron chi connectivity index (χ1n) is 9.16. The second-order valence-electron chi connectivity index (χ2n) is 6.54. The summed E-state index contributed by atoms with van der Waals surface area (Å²) in [6, 6.07) is 7.09. The molecule has 0 fully saturated rings. The molecule has 8 heteroatoms. The number of carboxylic acids is 1. The van der Waals surface area contributed by atoms with Crippen molar-refractivity contribution in [1.82, 2.24) is 0 Å². The van der Waals surface area contributed by atoms with E-state index in [-0.39, 0.29) is 12.2 Å². The quantitative estimate of drug-likeness (QED) is 0.501. The van der Waals surface area contributed by atoms with E-state index in [1.165, 1.54) is 11.3 Å². The van der Waals surface area contributed by atoms with Crippen LogP contribution in [-0.2, 0) is 14.3 Å². The summed E-state index contributed by atoms with van der Waals surface area (Å²) < 4.78 is 5.18. The molecule has 0 saturated carbocycles. The molecule has 1 aromatic carbocycles. The van der Waals surface area contributed by atoms with Gasteiger partial charge in [-0.05, 0) is 25.8 Å². The number of carbonyl (C=O) groups is 3. The van der Waals surface area contributed by atoms with Gasteiger partial charge in [-0.3, -0.25) is 9.59 Å². The number of carbonyl (C=O) groups excluding carboxylic acids is 2. The molecule has 1 aliphatic carbocycles. The van der Waals surface area contributed by atoms with Crippen molar-refractivity contribution < 1.29 is 24.2 Å². The summed E-state index contributed by atoms with van der Waals surface area (Å²) in [7, 11) is 0. The van der Waals surface area contributed by atoms with Gasteiger partial charge in [0.25, 0.3) is 0 Å². The summed E-state index contributed by atoms with van der Waals surface area (Å²) >= 11 is 7.47. The fourth-order valence-corrected chi connectivity index (χ4v) is 4.50. The first-order chi connectivity index (χ1) is 13.9. The molecule has 2 N–H and O–H groups in total. The number of esters is 1. The summed E-state index contributed by atoms with van der Waals surface area (Å²) in [6.45, 7) is 1.88. The monoisotopic (exact) mass is 433 g/mol. The number of rotatable bonds is 6. The number of benzene rings is 1. The Balaban J connectivity index is 1.96. The van der Waals surface area contributed by atoms with Gasteiger partial charge in [-0.2, -0.15) is 0 Å². The summed E-state index contributed by atoms with van der Waals surface area (Å²) in [5, 5.41) is 14.7. The average Bonchev–Trinajstić information content (AvgIpc) is 3.11. The van der Waals surface area contributed by atoms with Gasteiger partial charge in [-0.15, -0.1) is 11.3 Å². The van der Waals surface area contributed by atoms with E-state index < -0.39 is 29.7 Å². The van der Waals surface area contributed by atoms with Gasteiger partial charge in [0, 0.05) is 21.5 Å². The van der Waals surface area contributed by atoms with Crippen molar-refractivity contribution in [2.75, 3.05) is 11.9 Å². The molecule has 29 heavy (non-hydrogen) atoms. The van der Waals surface area contributed by atoms with Crippen LogP contribution in [0.1, 0.15) is 30.1 Å². The number of ether oxygens (including phenoxy) is 1. The predicted molar refractivity (Wildman–Crippen MR) is 112 cm³/mol. The van der Waals surface area contributed by atoms with Crippen LogP contribution in [0.25, 0.3) is 11.1 Å². The molecular formula is C21H20ClNO5S. The number of nitrogens with one attached hydrogen (secondary N) is 1. The summed E-state index contributed by atoms with van der Waals surface area (Å²) in [5.41, 5.74) is 1.43. The Morgan fingerprint density at radius 1 is 1.17 bits per heavy atom. The zero-order valence-electron chi connectivity index (χ0n) is 15.7. The van der Waals surface area contributed by atoms with E-state index >= 15 is 0 Å². The zero-order chi connectivity index (χ0) is 21.0. The maximum atomic E-state index is 12.8. The SMILES string of the molecule is CCOC(=O)c1c(-c2ccccc2Cl)csc1NC(=O)[C@H]1CC=CC[C@@H]1C(=O)O. The lowest BCUT2D eigenvalue weighted by Crippen LogP contribution is -2.34. The molecule has 0 bridgehead atoms. The third-order valence-corrected chi connectivity index (χ3v) is 5.98. The lowest BCUT2D eigenvalue weighted by atomic mass is 9.82. The molecule has 2 atom stereocenters. The molecule has 3 rings (SSSR count). The fourth-order valence-electron chi connectivity index (χ4n) is 3.32. The van der Waals surface area contributed by atoms with Crippen molar-refractivity contribution in [3.05, 3.63) is 52.4 Å². The first kappa shape index (κ1) is 21.1. The minimum atomic E-state index is -1.01. The number of amides is 1. The van der Waals surface area contributed by atoms with Crippen LogP contribution in [0.4, 0.5) is 5.00 Å². The zero-order valence-corrected chi connectivity index (χ0v) is 17.3. The number of aliphatic carboxylic acids is 1. The molecule has 1 amide bonds. The highest BCUT2D eigenvalue weighted by Gasteiger charge is 2.35. The van der Waals surface area contributed by atoms with Crippen LogP contribution in [0, 0.1) is 11.8 Å². The third-order valence-electron chi connectivity index (χ3n) is 4.76. The molecule has 2 aromatic rings. The molecule has 152 valence electrons. The topological polar surface area (TPSA) is 92.7 Å². The number of hydrogen-bond donors (Lipinski definition) is 2. The Kier molecular flexibility index (Phi) is 6.71. The van der Waals surface area contributed by atoms with Crippen LogP contribution in [-0.4, -0.2) is 29.6 Å². The first-order valence-corrected chi connectivity index (χ1v) is 10.4. The minimum absolute atomic E-state index is 0.179. The molecule has 0 saturated heterocycles. The van der Waals surface area contributed by atoms with Gasteiger partial charge >= 0.3 is 11.9 Å². The van der Waals surface area contributed by atoms with Gasteiger partial charge in [0.05, 0.1) is 18.4 Å². The van der Waals surface area contributed by atoms with Crippen LogP contribution >= 0.6 is 22.9 Å². The van der Waals surface area contributed by atoms with Crippen LogP contribution in [0.3, 0.4) is 0 Å². The highest BCUT2D eigenvalue weighted by molar-refractivity contribution is 7.15. The summed E-state index contributed by atoms with van der Waals surface area (Å²) in [6.07, 6.45) is 4.21. The van der Waals surface area contributed by atoms with Gasteiger partial charge in [0.2, 0.25) is 5.91 Å². The Morgan fingerprint density at radius 3 is 2.52 bits per heavy atom. The normalized spacial score (nSPS) is 18.3. The minimum Gasteiger partial charge on any atom is -0.481 e. The Hall–Kier alpha value is -2.64.